The summed E-state index contributed by atoms with van der Waals surface area (Å²) in [5.41, 5.74) is 6.03. The van der Waals surface area contributed by atoms with Crippen LogP contribution in [0, 0.1) is 0 Å². The van der Waals surface area contributed by atoms with Crippen molar-refractivity contribution in [3.63, 3.8) is 0 Å². The van der Waals surface area contributed by atoms with Crippen molar-refractivity contribution in [2.75, 3.05) is 25.9 Å². The average Bonchev–Trinajstić information content (AvgIpc) is 2.42. The lowest BCUT2D eigenvalue weighted by atomic mass is 10.2. The predicted octanol–water partition coefficient (Wildman–Crippen LogP) is -0.214. The van der Waals surface area contributed by atoms with Crippen molar-refractivity contribution >= 4 is 21.6 Å². The van der Waals surface area contributed by atoms with Crippen LogP contribution >= 0.6 is 0 Å². The highest BCUT2D eigenvalue weighted by Gasteiger charge is 2.35. The van der Waals surface area contributed by atoms with Crippen LogP contribution in [0.3, 0.4) is 0 Å². The Kier molecular flexibility index (Phi) is 3.87. The summed E-state index contributed by atoms with van der Waals surface area (Å²) in [4.78, 5) is 11.7. The van der Waals surface area contributed by atoms with Crippen molar-refractivity contribution in [2.45, 2.75) is 17.9 Å². The molecular weight excluding hydrogens is 282 g/mol. The maximum atomic E-state index is 12.6. The van der Waals surface area contributed by atoms with Crippen LogP contribution in [0.4, 0.5) is 5.69 Å². The van der Waals surface area contributed by atoms with Gasteiger partial charge in [0, 0.05) is 19.2 Å². The number of nitrogens with one attached hydrogen (secondary N) is 1. The molecular formula is C12H17N3O4S. The minimum atomic E-state index is -3.76. The van der Waals surface area contributed by atoms with Gasteiger partial charge in [-0.1, -0.05) is 0 Å². The molecule has 2 rings (SSSR count). The zero-order valence-electron chi connectivity index (χ0n) is 11.3. The second kappa shape index (κ2) is 5.29. The van der Waals surface area contributed by atoms with E-state index in [9.17, 15) is 13.2 Å². The van der Waals surface area contributed by atoms with Gasteiger partial charge in [-0.25, -0.2) is 8.42 Å². The fraction of sp³-hybridized carbons (Fsp3) is 0.417. The largest absolute Gasteiger partial charge is 0.495 e. The van der Waals surface area contributed by atoms with Crippen molar-refractivity contribution in [1.29, 1.82) is 0 Å². The first-order valence-corrected chi connectivity index (χ1v) is 7.55. The zero-order valence-corrected chi connectivity index (χ0v) is 12.1. The van der Waals surface area contributed by atoms with E-state index in [0.29, 0.717) is 18.0 Å². The van der Waals surface area contributed by atoms with Crippen molar-refractivity contribution in [3.05, 3.63) is 18.2 Å². The molecule has 1 unspecified atom stereocenters. The minimum Gasteiger partial charge on any atom is -0.495 e. The molecule has 1 aliphatic heterocycles. The van der Waals surface area contributed by atoms with Gasteiger partial charge in [0.05, 0.1) is 17.7 Å². The van der Waals surface area contributed by atoms with Crippen LogP contribution in [-0.4, -0.2) is 44.9 Å². The number of piperazine rings is 1. The Morgan fingerprint density at radius 1 is 1.45 bits per heavy atom. The third-order valence-corrected chi connectivity index (χ3v) is 5.22. The van der Waals surface area contributed by atoms with E-state index in [0.717, 1.165) is 0 Å². The SMILES string of the molecule is COc1cc(S(=O)(=O)N2CCNC(=O)C2C)ccc1N. The summed E-state index contributed by atoms with van der Waals surface area (Å²) >= 11 is 0. The molecule has 3 N–H and O–H groups in total. The molecule has 0 saturated carbocycles. The number of rotatable bonds is 3. The number of amides is 1. The summed E-state index contributed by atoms with van der Waals surface area (Å²) in [6.45, 7) is 2.09. The minimum absolute atomic E-state index is 0.0603. The van der Waals surface area contributed by atoms with Gasteiger partial charge in [-0.2, -0.15) is 4.31 Å². The highest BCUT2D eigenvalue weighted by molar-refractivity contribution is 7.89. The molecule has 1 saturated heterocycles. The van der Waals surface area contributed by atoms with Gasteiger partial charge in [0.2, 0.25) is 15.9 Å². The van der Waals surface area contributed by atoms with Gasteiger partial charge in [-0.15, -0.1) is 0 Å². The Hall–Kier alpha value is -1.80. The molecule has 1 heterocycles. The summed E-state index contributed by atoms with van der Waals surface area (Å²) in [7, 11) is -2.34. The first kappa shape index (κ1) is 14.6. The van der Waals surface area contributed by atoms with E-state index >= 15 is 0 Å². The Balaban J connectivity index is 2.42. The molecule has 7 nitrogen and oxygen atoms in total. The van der Waals surface area contributed by atoms with Crippen LogP contribution in [0.5, 0.6) is 5.75 Å². The molecule has 0 aromatic heterocycles. The van der Waals surface area contributed by atoms with Crippen molar-refractivity contribution in [3.8, 4) is 5.75 Å². The maximum absolute atomic E-state index is 12.6. The number of hydrogen-bond acceptors (Lipinski definition) is 5. The molecule has 1 atom stereocenters. The number of anilines is 1. The van der Waals surface area contributed by atoms with Crippen LogP contribution in [0.2, 0.25) is 0 Å². The first-order chi connectivity index (χ1) is 9.37. The van der Waals surface area contributed by atoms with Crippen LogP contribution in [0.15, 0.2) is 23.1 Å². The van der Waals surface area contributed by atoms with Crippen molar-refractivity contribution < 1.29 is 17.9 Å². The molecule has 20 heavy (non-hydrogen) atoms. The van der Waals surface area contributed by atoms with Gasteiger partial charge in [-0.05, 0) is 19.1 Å². The fourth-order valence-corrected chi connectivity index (χ4v) is 3.69. The lowest BCUT2D eigenvalue weighted by Gasteiger charge is -2.31. The van der Waals surface area contributed by atoms with E-state index in [2.05, 4.69) is 5.32 Å². The number of nitrogens with zero attached hydrogens (tertiary/aromatic N) is 1. The molecule has 1 fully saturated rings. The molecule has 0 spiro atoms. The lowest BCUT2D eigenvalue weighted by molar-refractivity contribution is -0.126. The highest BCUT2D eigenvalue weighted by atomic mass is 32.2. The van der Waals surface area contributed by atoms with E-state index in [1.807, 2.05) is 0 Å². The number of hydrogen-bond donors (Lipinski definition) is 2. The quantitative estimate of drug-likeness (QED) is 0.752. The third kappa shape index (κ3) is 2.44. The molecule has 1 aliphatic rings. The molecule has 8 heteroatoms. The lowest BCUT2D eigenvalue weighted by Crippen LogP contribution is -2.55. The van der Waals surface area contributed by atoms with Gasteiger partial charge < -0.3 is 15.8 Å². The van der Waals surface area contributed by atoms with Gasteiger partial charge in [0.25, 0.3) is 0 Å². The number of carbonyl (C=O) groups is 1. The Morgan fingerprint density at radius 2 is 2.15 bits per heavy atom. The van der Waals surface area contributed by atoms with E-state index in [1.54, 1.807) is 6.92 Å². The number of benzene rings is 1. The first-order valence-electron chi connectivity index (χ1n) is 6.11. The summed E-state index contributed by atoms with van der Waals surface area (Å²) in [6, 6.07) is 3.51. The zero-order chi connectivity index (χ0) is 14.9. The normalized spacial score (nSPS) is 20.5. The number of ether oxygens (including phenoxy) is 1. The van der Waals surface area contributed by atoms with Crippen LogP contribution < -0.4 is 15.8 Å². The van der Waals surface area contributed by atoms with Crippen LogP contribution in [-0.2, 0) is 14.8 Å². The van der Waals surface area contributed by atoms with Crippen LogP contribution in [0.1, 0.15) is 6.92 Å². The summed E-state index contributed by atoms with van der Waals surface area (Å²) < 4.78 is 31.4. The number of sulfonamides is 1. The van der Waals surface area contributed by atoms with Gasteiger partial charge in [0.15, 0.2) is 0 Å². The summed E-state index contributed by atoms with van der Waals surface area (Å²) in [5.74, 6) is -0.0116. The smallest absolute Gasteiger partial charge is 0.243 e. The van der Waals surface area contributed by atoms with E-state index in [4.69, 9.17) is 10.5 Å². The fourth-order valence-electron chi connectivity index (χ4n) is 2.08. The number of methoxy groups -OCH3 is 1. The van der Waals surface area contributed by atoms with E-state index in [-0.39, 0.29) is 17.3 Å². The Labute approximate surface area is 117 Å². The molecule has 1 aromatic rings. The topological polar surface area (TPSA) is 102 Å². The monoisotopic (exact) mass is 299 g/mol. The van der Waals surface area contributed by atoms with Gasteiger partial charge in [-0.3, -0.25) is 4.79 Å². The number of nitrogen functional groups attached to an aromatic ring is 1. The standard InChI is InChI=1S/C12H17N3O4S/c1-8-12(16)14-5-6-15(8)20(17,18)9-3-4-10(13)11(7-9)19-2/h3-4,7-8H,5-6,13H2,1-2H3,(H,14,16). The average molecular weight is 299 g/mol. The maximum Gasteiger partial charge on any atom is 0.243 e. The van der Waals surface area contributed by atoms with E-state index in [1.165, 1.54) is 29.6 Å². The summed E-state index contributed by atoms with van der Waals surface area (Å²) in [6.07, 6.45) is 0. The van der Waals surface area contributed by atoms with Crippen molar-refractivity contribution in [2.24, 2.45) is 0 Å². The molecule has 1 aromatic carbocycles. The molecule has 110 valence electrons. The number of carbonyl (C=O) groups excluding carboxylic acids is 1. The Bertz CT molecular complexity index is 630. The molecule has 0 bridgehead atoms. The molecule has 0 radical (unpaired) electrons. The number of nitrogens with two attached hydrogens (primary N) is 1. The Morgan fingerprint density at radius 3 is 2.80 bits per heavy atom. The van der Waals surface area contributed by atoms with Gasteiger partial charge >= 0.3 is 0 Å². The molecule has 1 amide bonds. The third-order valence-electron chi connectivity index (χ3n) is 3.25. The van der Waals surface area contributed by atoms with Gasteiger partial charge in [0.1, 0.15) is 11.8 Å². The van der Waals surface area contributed by atoms with Crippen LogP contribution in [0.25, 0.3) is 0 Å². The van der Waals surface area contributed by atoms with E-state index < -0.39 is 16.1 Å². The highest BCUT2D eigenvalue weighted by Crippen LogP contribution is 2.27. The second-order valence-electron chi connectivity index (χ2n) is 4.49. The molecule has 0 aliphatic carbocycles. The van der Waals surface area contributed by atoms with Crippen molar-refractivity contribution in [1.82, 2.24) is 9.62 Å². The summed E-state index contributed by atoms with van der Waals surface area (Å²) in [5, 5.41) is 2.63. The second-order valence-corrected chi connectivity index (χ2v) is 6.38. The predicted molar refractivity (Wildman–Crippen MR) is 73.8 cm³/mol.